The number of hydrogen-bond donors (Lipinski definition) is 2. The lowest BCUT2D eigenvalue weighted by Gasteiger charge is -2.11. The van der Waals surface area contributed by atoms with Crippen molar-refractivity contribution in [3.63, 3.8) is 0 Å². The van der Waals surface area contributed by atoms with E-state index in [0.29, 0.717) is 11.3 Å². The van der Waals surface area contributed by atoms with Crippen LogP contribution in [0.3, 0.4) is 0 Å². The molecule has 0 aliphatic carbocycles. The van der Waals surface area contributed by atoms with Gasteiger partial charge in [-0.3, -0.25) is 10.1 Å². The third-order valence-corrected chi connectivity index (χ3v) is 3.14. The largest absolute Gasteiger partial charge is 0.457 e. The molecule has 0 aromatic heterocycles. The standard InChI is InChI=1S/C16H15FN2O5/c17-12-3-1-11(2-4-12)10-24-16(21)14-9-13(19(22)23)5-6-15(14)18-7-8-20/h1-6,9,18,20H,7-8,10H2. The Hall–Kier alpha value is -3.00. The number of carbonyl (C=O) groups is 1. The maximum atomic E-state index is 12.8. The third kappa shape index (κ3) is 4.50. The van der Waals surface area contributed by atoms with Crippen LogP contribution in [0.1, 0.15) is 15.9 Å². The Morgan fingerprint density at radius 1 is 1.25 bits per heavy atom. The molecular weight excluding hydrogens is 319 g/mol. The fourth-order valence-corrected chi connectivity index (χ4v) is 1.97. The van der Waals surface area contributed by atoms with Crippen molar-refractivity contribution >= 4 is 17.3 Å². The van der Waals surface area contributed by atoms with Gasteiger partial charge in [0.15, 0.2) is 0 Å². The third-order valence-electron chi connectivity index (χ3n) is 3.14. The van der Waals surface area contributed by atoms with Crippen LogP contribution in [-0.2, 0) is 11.3 Å². The van der Waals surface area contributed by atoms with Crippen LogP contribution in [0.2, 0.25) is 0 Å². The molecule has 0 spiro atoms. The van der Waals surface area contributed by atoms with E-state index in [1.54, 1.807) is 0 Å². The molecular formula is C16H15FN2O5. The van der Waals surface area contributed by atoms with Gasteiger partial charge in [-0.15, -0.1) is 0 Å². The van der Waals surface area contributed by atoms with E-state index < -0.39 is 16.7 Å². The maximum Gasteiger partial charge on any atom is 0.340 e. The van der Waals surface area contributed by atoms with Crippen molar-refractivity contribution in [2.45, 2.75) is 6.61 Å². The molecule has 0 atom stereocenters. The van der Waals surface area contributed by atoms with E-state index in [-0.39, 0.29) is 31.0 Å². The molecule has 8 heteroatoms. The summed E-state index contributed by atoms with van der Waals surface area (Å²) in [5.41, 5.74) is 0.636. The van der Waals surface area contributed by atoms with Gasteiger partial charge in [-0.05, 0) is 23.8 Å². The van der Waals surface area contributed by atoms with Gasteiger partial charge in [-0.2, -0.15) is 0 Å². The molecule has 2 aromatic rings. The molecule has 0 aliphatic rings. The number of nitro benzene ring substituents is 1. The van der Waals surface area contributed by atoms with Crippen LogP contribution < -0.4 is 5.32 Å². The number of carbonyl (C=O) groups excluding carboxylic acids is 1. The van der Waals surface area contributed by atoms with Gasteiger partial charge < -0.3 is 15.2 Å². The lowest BCUT2D eigenvalue weighted by Crippen LogP contribution is -2.13. The van der Waals surface area contributed by atoms with Crippen molar-refractivity contribution in [2.75, 3.05) is 18.5 Å². The van der Waals surface area contributed by atoms with E-state index in [1.165, 1.54) is 36.4 Å². The van der Waals surface area contributed by atoms with Crippen molar-refractivity contribution in [2.24, 2.45) is 0 Å². The van der Waals surface area contributed by atoms with Gasteiger partial charge >= 0.3 is 5.97 Å². The molecule has 0 bridgehead atoms. The first-order valence-corrected chi connectivity index (χ1v) is 7.06. The smallest absolute Gasteiger partial charge is 0.340 e. The molecule has 2 aromatic carbocycles. The predicted molar refractivity (Wildman–Crippen MR) is 84.2 cm³/mol. The van der Waals surface area contributed by atoms with Gasteiger partial charge in [0.05, 0.1) is 17.1 Å². The zero-order chi connectivity index (χ0) is 17.5. The molecule has 2 rings (SSSR count). The number of rotatable bonds is 7. The van der Waals surface area contributed by atoms with E-state index >= 15 is 0 Å². The number of hydrogen-bond acceptors (Lipinski definition) is 6. The molecule has 24 heavy (non-hydrogen) atoms. The Morgan fingerprint density at radius 3 is 2.58 bits per heavy atom. The van der Waals surface area contributed by atoms with E-state index in [0.717, 1.165) is 6.07 Å². The van der Waals surface area contributed by atoms with E-state index in [9.17, 15) is 19.3 Å². The van der Waals surface area contributed by atoms with Crippen LogP contribution >= 0.6 is 0 Å². The molecule has 0 unspecified atom stereocenters. The summed E-state index contributed by atoms with van der Waals surface area (Å²) >= 11 is 0. The first-order chi connectivity index (χ1) is 11.5. The Kier molecular flexibility index (Phi) is 5.80. The summed E-state index contributed by atoms with van der Waals surface area (Å²) in [7, 11) is 0. The molecule has 0 radical (unpaired) electrons. The summed E-state index contributed by atoms with van der Waals surface area (Å²) in [6.45, 7) is -0.0850. The second kappa shape index (κ2) is 8.02. The number of aliphatic hydroxyl groups excluding tert-OH is 1. The molecule has 0 amide bonds. The number of nitro groups is 1. The highest BCUT2D eigenvalue weighted by Crippen LogP contribution is 2.23. The molecule has 0 saturated carbocycles. The number of nitrogens with one attached hydrogen (secondary N) is 1. The minimum atomic E-state index is -0.761. The zero-order valence-corrected chi connectivity index (χ0v) is 12.6. The summed E-state index contributed by atoms with van der Waals surface area (Å²) in [4.78, 5) is 22.5. The van der Waals surface area contributed by atoms with Crippen LogP contribution in [0, 0.1) is 15.9 Å². The highest BCUT2D eigenvalue weighted by atomic mass is 19.1. The quantitative estimate of drug-likeness (QED) is 0.458. The van der Waals surface area contributed by atoms with E-state index in [1.807, 2.05) is 0 Å². The van der Waals surface area contributed by atoms with Gasteiger partial charge in [0, 0.05) is 24.4 Å². The van der Waals surface area contributed by atoms with Gasteiger partial charge in [0.1, 0.15) is 12.4 Å². The molecule has 0 saturated heterocycles. The summed E-state index contributed by atoms with van der Waals surface area (Å²) in [6.07, 6.45) is 0. The molecule has 126 valence electrons. The zero-order valence-electron chi connectivity index (χ0n) is 12.6. The van der Waals surface area contributed by atoms with Crippen molar-refractivity contribution in [1.29, 1.82) is 0 Å². The highest BCUT2D eigenvalue weighted by molar-refractivity contribution is 5.96. The topological polar surface area (TPSA) is 102 Å². The first kappa shape index (κ1) is 17.4. The second-order valence-electron chi connectivity index (χ2n) is 4.84. The predicted octanol–water partition coefficient (Wildman–Crippen LogP) is 2.50. The number of esters is 1. The van der Waals surface area contributed by atoms with Gasteiger partial charge in [0.25, 0.3) is 5.69 Å². The van der Waals surface area contributed by atoms with Crippen LogP contribution in [0.15, 0.2) is 42.5 Å². The maximum absolute atomic E-state index is 12.8. The molecule has 0 aliphatic heterocycles. The average molecular weight is 334 g/mol. The van der Waals surface area contributed by atoms with Gasteiger partial charge in [0.2, 0.25) is 0 Å². The highest BCUT2D eigenvalue weighted by Gasteiger charge is 2.18. The van der Waals surface area contributed by atoms with E-state index in [2.05, 4.69) is 5.32 Å². The monoisotopic (exact) mass is 334 g/mol. The SMILES string of the molecule is O=C(OCc1ccc(F)cc1)c1cc([N+](=O)[O-])ccc1NCCO. The number of halogens is 1. The lowest BCUT2D eigenvalue weighted by atomic mass is 10.1. The number of aliphatic hydroxyl groups is 1. The molecule has 0 fully saturated rings. The van der Waals surface area contributed by atoms with Crippen LogP contribution in [0.25, 0.3) is 0 Å². The van der Waals surface area contributed by atoms with E-state index in [4.69, 9.17) is 9.84 Å². The molecule has 2 N–H and O–H groups in total. The minimum absolute atomic E-state index is 0.0141. The normalized spacial score (nSPS) is 10.2. The fourth-order valence-electron chi connectivity index (χ4n) is 1.97. The summed E-state index contributed by atoms with van der Waals surface area (Å²) < 4.78 is 18.0. The van der Waals surface area contributed by atoms with Gasteiger partial charge in [-0.1, -0.05) is 12.1 Å². The summed E-state index contributed by atoms with van der Waals surface area (Å²) in [6, 6.07) is 9.16. The van der Waals surface area contributed by atoms with Crippen LogP contribution in [0.5, 0.6) is 0 Å². The number of nitrogens with zero attached hydrogens (tertiary/aromatic N) is 1. The van der Waals surface area contributed by atoms with Gasteiger partial charge in [-0.25, -0.2) is 9.18 Å². The van der Waals surface area contributed by atoms with Crippen molar-refractivity contribution < 1.29 is 24.0 Å². The molecule has 0 heterocycles. The fraction of sp³-hybridized carbons (Fsp3) is 0.188. The summed E-state index contributed by atoms with van der Waals surface area (Å²) in [5, 5.41) is 22.5. The second-order valence-corrected chi connectivity index (χ2v) is 4.84. The van der Waals surface area contributed by atoms with Crippen molar-refractivity contribution in [3.05, 3.63) is 69.5 Å². The Labute approximate surface area is 136 Å². The number of ether oxygens (including phenoxy) is 1. The number of benzene rings is 2. The Balaban J connectivity index is 2.17. The minimum Gasteiger partial charge on any atom is -0.457 e. The molecule has 7 nitrogen and oxygen atoms in total. The number of anilines is 1. The van der Waals surface area contributed by atoms with Crippen LogP contribution in [0.4, 0.5) is 15.8 Å². The van der Waals surface area contributed by atoms with Crippen molar-refractivity contribution in [1.82, 2.24) is 0 Å². The Bertz CT molecular complexity index is 734. The number of non-ortho nitro benzene ring substituents is 1. The van der Waals surface area contributed by atoms with Crippen molar-refractivity contribution in [3.8, 4) is 0 Å². The Morgan fingerprint density at radius 2 is 1.96 bits per heavy atom. The van der Waals surface area contributed by atoms with Crippen LogP contribution in [-0.4, -0.2) is 29.2 Å². The lowest BCUT2D eigenvalue weighted by molar-refractivity contribution is -0.384. The first-order valence-electron chi connectivity index (χ1n) is 7.06. The average Bonchev–Trinajstić information content (AvgIpc) is 2.59. The summed E-state index contributed by atoms with van der Waals surface area (Å²) in [5.74, 6) is -1.16.